The van der Waals surface area contributed by atoms with Crippen LogP contribution in [-0.2, 0) is 19.1 Å². The Bertz CT molecular complexity index is 234. The molecular formula is C8H14BNO4. The van der Waals surface area contributed by atoms with E-state index in [0.29, 0.717) is 6.19 Å². The monoisotopic (exact) mass is 199 g/mol. The number of carbonyl (C=O) groups is 3. The Hall–Kier alpha value is -1.17. The summed E-state index contributed by atoms with van der Waals surface area (Å²) < 4.78 is 4.51. The molecule has 0 aliphatic rings. The molecule has 0 amide bonds. The topological polar surface area (TPSA) is 72.5 Å². The number of hydrogen-bond acceptors (Lipinski definition) is 5. The van der Waals surface area contributed by atoms with Gasteiger partial charge in [-0.05, 0) is 20.8 Å². The van der Waals surface area contributed by atoms with Crippen LogP contribution in [0.15, 0.2) is 0 Å². The molecule has 78 valence electrons. The van der Waals surface area contributed by atoms with Crippen molar-refractivity contribution in [3.8, 4) is 0 Å². The highest BCUT2D eigenvalue weighted by atomic mass is 16.6. The van der Waals surface area contributed by atoms with Crippen LogP contribution in [0, 0.1) is 5.41 Å². The van der Waals surface area contributed by atoms with Gasteiger partial charge in [-0.15, -0.1) is 0 Å². The second kappa shape index (κ2) is 5.54. The van der Waals surface area contributed by atoms with Crippen LogP contribution in [0.25, 0.3) is 0 Å². The van der Waals surface area contributed by atoms with Crippen molar-refractivity contribution in [3.63, 3.8) is 0 Å². The minimum Gasteiger partial charge on any atom is -0.392 e. The Balaban J connectivity index is 3.83. The standard InChI is InChI=1S/C8H14BNO4/c1-8(2,3)7(13)14-6(12)4-10-9-5-11/h5,9-10H,4H2,1-3H3. The van der Waals surface area contributed by atoms with E-state index in [1.807, 2.05) is 0 Å². The SMILES string of the molecule is CC(C)(C)C(=O)OC(=O)CNBC=O. The van der Waals surface area contributed by atoms with E-state index in [0.717, 1.165) is 0 Å². The molecule has 5 nitrogen and oxygen atoms in total. The van der Waals surface area contributed by atoms with Crippen LogP contribution in [0.2, 0.25) is 0 Å². The van der Waals surface area contributed by atoms with Crippen LogP contribution in [0.1, 0.15) is 20.8 Å². The summed E-state index contributed by atoms with van der Waals surface area (Å²) in [4.78, 5) is 32.0. The normalized spacial score (nSPS) is 10.5. The Labute approximate surface area is 83.5 Å². The molecule has 0 aliphatic carbocycles. The van der Waals surface area contributed by atoms with Crippen LogP contribution in [-0.4, -0.2) is 32.1 Å². The summed E-state index contributed by atoms with van der Waals surface area (Å²) in [5.74, 6) is -1.25. The van der Waals surface area contributed by atoms with Gasteiger partial charge in [0.05, 0.1) is 18.1 Å². The summed E-state index contributed by atoms with van der Waals surface area (Å²) in [5, 5.41) is 2.50. The maximum Gasteiger partial charge on any atom is 0.326 e. The van der Waals surface area contributed by atoms with Crippen molar-refractivity contribution in [1.29, 1.82) is 0 Å². The van der Waals surface area contributed by atoms with Gasteiger partial charge >= 0.3 is 11.9 Å². The summed E-state index contributed by atoms with van der Waals surface area (Å²) in [6, 6.07) is 0. The fourth-order valence-corrected chi connectivity index (χ4v) is 0.526. The molecule has 14 heavy (non-hydrogen) atoms. The first-order chi connectivity index (χ1) is 6.38. The molecule has 0 saturated carbocycles. The molecule has 0 spiro atoms. The molecule has 0 bridgehead atoms. The molecule has 0 saturated heterocycles. The Kier molecular flexibility index (Phi) is 5.08. The van der Waals surface area contributed by atoms with Gasteiger partial charge in [-0.2, -0.15) is 0 Å². The van der Waals surface area contributed by atoms with E-state index >= 15 is 0 Å². The minimum absolute atomic E-state index is 0.0683. The molecular weight excluding hydrogens is 185 g/mol. The first-order valence-electron chi connectivity index (χ1n) is 4.27. The van der Waals surface area contributed by atoms with Crippen LogP contribution < -0.4 is 5.23 Å². The van der Waals surface area contributed by atoms with Crippen molar-refractivity contribution in [3.05, 3.63) is 0 Å². The van der Waals surface area contributed by atoms with E-state index in [1.54, 1.807) is 20.8 Å². The van der Waals surface area contributed by atoms with E-state index in [1.165, 1.54) is 0 Å². The molecule has 0 aliphatic heterocycles. The summed E-state index contributed by atoms with van der Waals surface area (Å²) in [5.41, 5.74) is -0.694. The van der Waals surface area contributed by atoms with Crippen molar-refractivity contribution in [2.75, 3.05) is 6.54 Å². The minimum atomic E-state index is -0.694. The first kappa shape index (κ1) is 12.8. The zero-order chi connectivity index (χ0) is 11.2. The lowest BCUT2D eigenvalue weighted by molar-refractivity contribution is -0.164. The maximum atomic E-state index is 11.2. The van der Waals surface area contributed by atoms with Crippen LogP contribution in [0.3, 0.4) is 0 Å². The van der Waals surface area contributed by atoms with Gasteiger partial charge < -0.3 is 14.8 Å². The highest BCUT2D eigenvalue weighted by Crippen LogP contribution is 2.14. The zero-order valence-electron chi connectivity index (χ0n) is 8.62. The number of esters is 2. The molecule has 6 heteroatoms. The Morgan fingerprint density at radius 2 is 2.00 bits per heavy atom. The van der Waals surface area contributed by atoms with E-state index < -0.39 is 17.4 Å². The molecule has 0 fully saturated rings. The van der Waals surface area contributed by atoms with Gasteiger partial charge in [-0.1, -0.05) is 0 Å². The van der Waals surface area contributed by atoms with Crippen molar-refractivity contribution in [1.82, 2.24) is 5.23 Å². The third kappa shape index (κ3) is 5.48. The molecule has 0 atom stereocenters. The largest absolute Gasteiger partial charge is 0.392 e. The summed E-state index contributed by atoms with van der Waals surface area (Å²) in [6.45, 7) is 4.82. The number of rotatable bonds is 4. The maximum absolute atomic E-state index is 11.2. The van der Waals surface area contributed by atoms with Crippen molar-refractivity contribution in [2.24, 2.45) is 5.41 Å². The lowest BCUT2D eigenvalue weighted by atomic mass is 9.97. The van der Waals surface area contributed by atoms with Crippen LogP contribution in [0.4, 0.5) is 0 Å². The van der Waals surface area contributed by atoms with Crippen molar-refractivity contribution in [2.45, 2.75) is 20.8 Å². The van der Waals surface area contributed by atoms with E-state index in [2.05, 4.69) is 9.96 Å². The van der Waals surface area contributed by atoms with E-state index in [9.17, 15) is 14.4 Å². The van der Waals surface area contributed by atoms with Crippen molar-refractivity contribution >= 4 is 25.5 Å². The third-order valence-corrected chi connectivity index (χ3v) is 1.32. The lowest BCUT2D eigenvalue weighted by Crippen LogP contribution is -2.33. The highest BCUT2D eigenvalue weighted by molar-refractivity contribution is 6.64. The smallest absolute Gasteiger partial charge is 0.326 e. The molecule has 0 unspecified atom stereocenters. The van der Waals surface area contributed by atoms with Gasteiger partial charge in [0.15, 0.2) is 0 Å². The average molecular weight is 199 g/mol. The fraction of sp³-hybridized carbons (Fsp3) is 0.625. The average Bonchev–Trinajstić information content (AvgIpc) is 2.03. The van der Waals surface area contributed by atoms with Gasteiger partial charge in [0.2, 0.25) is 0 Å². The van der Waals surface area contributed by atoms with E-state index in [4.69, 9.17) is 0 Å². The summed E-state index contributed by atoms with van der Waals surface area (Å²) in [7, 11) is 0.0683. The third-order valence-electron chi connectivity index (χ3n) is 1.32. The molecule has 0 radical (unpaired) electrons. The van der Waals surface area contributed by atoms with Crippen LogP contribution >= 0.6 is 0 Å². The number of hydrogen-bond donors (Lipinski definition) is 1. The Morgan fingerprint density at radius 1 is 1.43 bits per heavy atom. The number of ether oxygens (including phenoxy) is 1. The van der Waals surface area contributed by atoms with Gasteiger partial charge in [-0.3, -0.25) is 9.59 Å². The van der Waals surface area contributed by atoms with Gasteiger partial charge in [0, 0.05) is 0 Å². The Morgan fingerprint density at radius 3 is 2.43 bits per heavy atom. The summed E-state index contributed by atoms with van der Waals surface area (Å²) >= 11 is 0. The lowest BCUT2D eigenvalue weighted by Gasteiger charge is -2.15. The van der Waals surface area contributed by atoms with E-state index in [-0.39, 0.29) is 14.0 Å². The number of carbonyl (C=O) groups excluding carboxylic acids is 3. The molecule has 0 rings (SSSR count). The second-order valence-electron chi connectivity index (χ2n) is 3.81. The highest BCUT2D eigenvalue weighted by Gasteiger charge is 2.25. The molecule has 0 aromatic heterocycles. The molecule has 1 N–H and O–H groups in total. The summed E-state index contributed by atoms with van der Waals surface area (Å²) in [6.07, 6.45) is 0.624. The van der Waals surface area contributed by atoms with Gasteiger partial charge in [0.25, 0.3) is 7.41 Å². The van der Waals surface area contributed by atoms with Crippen molar-refractivity contribution < 1.29 is 19.1 Å². The number of nitrogens with one attached hydrogen (secondary N) is 1. The predicted octanol–water partition coefficient (Wildman–Crippen LogP) is -0.766. The molecule has 0 aromatic rings. The second-order valence-corrected chi connectivity index (χ2v) is 3.81. The first-order valence-corrected chi connectivity index (χ1v) is 4.27. The van der Waals surface area contributed by atoms with Gasteiger partial charge in [-0.25, -0.2) is 0 Å². The van der Waals surface area contributed by atoms with Crippen LogP contribution in [0.5, 0.6) is 0 Å². The van der Waals surface area contributed by atoms with Gasteiger partial charge in [0.1, 0.15) is 0 Å². The fourth-order valence-electron chi connectivity index (χ4n) is 0.526. The zero-order valence-corrected chi connectivity index (χ0v) is 8.62. The molecule has 0 heterocycles. The molecule has 0 aromatic carbocycles. The quantitative estimate of drug-likeness (QED) is 0.211. The predicted molar refractivity (Wildman–Crippen MR) is 52.5 cm³/mol.